The highest BCUT2D eigenvalue weighted by Gasteiger charge is 2.23. The number of hydrogen-bond donors (Lipinski definition) is 4. The molecule has 14 nitrogen and oxygen atoms in total. The topological polar surface area (TPSA) is 157 Å². The number of nitrogens with one attached hydrogen (secondary N) is 2. The molecule has 56 heavy (non-hydrogen) atoms. The van der Waals surface area contributed by atoms with Gasteiger partial charge in [0.2, 0.25) is 0 Å². The van der Waals surface area contributed by atoms with Crippen molar-refractivity contribution in [3.8, 4) is 46.0 Å². The van der Waals surface area contributed by atoms with Gasteiger partial charge in [0.15, 0.2) is 46.0 Å². The monoisotopic (exact) mass is 780 g/mol. The van der Waals surface area contributed by atoms with Crippen molar-refractivity contribution in [2.45, 2.75) is 24.4 Å². The van der Waals surface area contributed by atoms with E-state index in [9.17, 15) is 10.2 Å². The highest BCUT2D eigenvalue weighted by molar-refractivity contribution is 5.50. The van der Waals surface area contributed by atoms with Crippen LogP contribution in [0.4, 0.5) is 0 Å². The molecule has 0 unspecified atom stereocenters. The Morgan fingerprint density at radius 3 is 0.875 bits per heavy atom. The molecule has 306 valence electrons. The van der Waals surface area contributed by atoms with Crippen LogP contribution in [-0.2, 0) is 9.47 Å². The third-order valence-corrected chi connectivity index (χ3v) is 8.99. The van der Waals surface area contributed by atoms with Gasteiger partial charge in [0, 0.05) is 26.2 Å². The highest BCUT2D eigenvalue weighted by Crippen LogP contribution is 2.39. The van der Waals surface area contributed by atoms with Gasteiger partial charge in [0.05, 0.1) is 82.3 Å². The van der Waals surface area contributed by atoms with Crippen LogP contribution in [0.15, 0.2) is 72.8 Å². The highest BCUT2D eigenvalue weighted by atomic mass is 16.5. The van der Waals surface area contributed by atoms with Gasteiger partial charge in [-0.05, 0) is 70.8 Å². The van der Waals surface area contributed by atoms with Crippen LogP contribution in [0.25, 0.3) is 0 Å². The van der Waals surface area contributed by atoms with Crippen LogP contribution >= 0.6 is 0 Å². The molecule has 0 radical (unpaired) electrons. The SMILES string of the molecule is COc1ccc(C(OC[C@H](O)CNCCNC[C@@H](O)COC(c2ccc(OC)c(OC)c2)c2ccc(OC)c(OC)c2)c2ccc(OC)c(OC)c2)cc1OC. The molecule has 4 rings (SSSR count). The van der Waals surface area contributed by atoms with Crippen molar-refractivity contribution in [1.82, 2.24) is 10.6 Å². The van der Waals surface area contributed by atoms with Crippen molar-refractivity contribution >= 4 is 0 Å². The largest absolute Gasteiger partial charge is 0.493 e. The molecular formula is C42H56N2O12. The van der Waals surface area contributed by atoms with E-state index in [-0.39, 0.29) is 26.3 Å². The van der Waals surface area contributed by atoms with E-state index in [2.05, 4.69) is 10.6 Å². The molecule has 0 aliphatic carbocycles. The number of aliphatic hydroxyl groups excluding tert-OH is 2. The maximum atomic E-state index is 10.9. The van der Waals surface area contributed by atoms with Gasteiger partial charge in [-0.2, -0.15) is 0 Å². The first-order chi connectivity index (χ1) is 27.2. The van der Waals surface area contributed by atoms with Gasteiger partial charge in [-0.3, -0.25) is 0 Å². The summed E-state index contributed by atoms with van der Waals surface area (Å²) < 4.78 is 56.4. The van der Waals surface area contributed by atoms with Crippen molar-refractivity contribution in [2.24, 2.45) is 0 Å². The Hall–Kier alpha value is -4.96. The summed E-state index contributed by atoms with van der Waals surface area (Å²) in [5, 5.41) is 28.2. The standard InChI is InChI=1S/C42H56N2O12/c1-47-33-13-9-27(19-37(33)51-5)41(28-10-14-34(48-2)38(20-28)52-6)55-25-31(45)23-43-17-18-44-24-32(46)26-56-42(29-11-15-35(49-3)39(21-29)53-7)30-12-16-36(50-4)40(22-30)54-8/h9-16,19-22,31-32,41-46H,17-18,23-26H2,1-8H3/t31-,32-/m1/s1. The van der Waals surface area contributed by atoms with Crippen molar-refractivity contribution in [3.63, 3.8) is 0 Å². The van der Waals surface area contributed by atoms with Gasteiger partial charge >= 0.3 is 0 Å². The van der Waals surface area contributed by atoms with E-state index < -0.39 is 24.4 Å². The predicted octanol–water partition coefficient (Wildman–Crippen LogP) is 4.57. The van der Waals surface area contributed by atoms with Crippen LogP contribution < -0.4 is 48.5 Å². The predicted molar refractivity (Wildman–Crippen MR) is 212 cm³/mol. The normalized spacial score (nSPS) is 12.3. The Labute approximate surface area is 329 Å². The molecule has 0 heterocycles. The smallest absolute Gasteiger partial charge is 0.161 e. The van der Waals surface area contributed by atoms with Crippen molar-refractivity contribution < 1.29 is 57.6 Å². The first-order valence-electron chi connectivity index (χ1n) is 18.1. The van der Waals surface area contributed by atoms with Gasteiger partial charge in [0.25, 0.3) is 0 Å². The van der Waals surface area contributed by atoms with Crippen molar-refractivity contribution in [3.05, 3.63) is 95.1 Å². The van der Waals surface area contributed by atoms with E-state index in [1.807, 2.05) is 72.8 Å². The average Bonchev–Trinajstić information content (AvgIpc) is 3.24. The summed E-state index contributed by atoms with van der Waals surface area (Å²) in [4.78, 5) is 0. The molecule has 0 fully saturated rings. The summed E-state index contributed by atoms with van der Waals surface area (Å²) in [5.41, 5.74) is 3.22. The second kappa shape index (κ2) is 22.6. The second-order valence-corrected chi connectivity index (χ2v) is 12.6. The fourth-order valence-corrected chi connectivity index (χ4v) is 6.08. The number of aliphatic hydroxyl groups is 2. The number of rotatable bonds is 25. The zero-order valence-electron chi connectivity index (χ0n) is 33.5. The number of methoxy groups -OCH3 is 8. The third-order valence-electron chi connectivity index (χ3n) is 8.99. The Morgan fingerprint density at radius 1 is 0.393 bits per heavy atom. The second-order valence-electron chi connectivity index (χ2n) is 12.6. The van der Waals surface area contributed by atoms with Crippen LogP contribution in [-0.4, -0.2) is 119 Å². The molecule has 14 heteroatoms. The van der Waals surface area contributed by atoms with Gasteiger partial charge < -0.3 is 68.2 Å². The Morgan fingerprint density at radius 2 is 0.643 bits per heavy atom. The van der Waals surface area contributed by atoms with Crippen LogP contribution in [0.2, 0.25) is 0 Å². The fourth-order valence-electron chi connectivity index (χ4n) is 6.08. The van der Waals surface area contributed by atoms with Crippen molar-refractivity contribution in [2.75, 3.05) is 96.3 Å². The van der Waals surface area contributed by atoms with Gasteiger partial charge in [-0.15, -0.1) is 0 Å². The first-order valence-corrected chi connectivity index (χ1v) is 18.1. The van der Waals surface area contributed by atoms with Gasteiger partial charge in [-0.1, -0.05) is 24.3 Å². The Balaban J connectivity index is 1.29. The van der Waals surface area contributed by atoms with Crippen LogP contribution in [0.3, 0.4) is 0 Å². The van der Waals surface area contributed by atoms with E-state index >= 15 is 0 Å². The fraction of sp³-hybridized carbons (Fsp3) is 0.429. The lowest BCUT2D eigenvalue weighted by Gasteiger charge is -2.23. The first kappa shape index (κ1) is 43.8. The minimum atomic E-state index is -0.804. The summed E-state index contributed by atoms with van der Waals surface area (Å²) in [6, 6.07) is 22.2. The quantitative estimate of drug-likeness (QED) is 0.0694. The zero-order chi connectivity index (χ0) is 40.5. The molecule has 0 spiro atoms. The maximum absolute atomic E-state index is 10.9. The lowest BCUT2D eigenvalue weighted by Crippen LogP contribution is -2.38. The van der Waals surface area contributed by atoms with E-state index in [1.165, 1.54) is 0 Å². The lowest BCUT2D eigenvalue weighted by molar-refractivity contribution is 0.00530. The minimum Gasteiger partial charge on any atom is -0.493 e. The molecule has 0 aliphatic rings. The minimum absolute atomic E-state index is 0.0468. The molecular weight excluding hydrogens is 724 g/mol. The van der Waals surface area contributed by atoms with E-state index in [0.717, 1.165) is 22.3 Å². The number of ether oxygens (including phenoxy) is 10. The maximum Gasteiger partial charge on any atom is 0.161 e. The molecule has 4 aromatic carbocycles. The Bertz CT molecular complexity index is 1550. The summed E-state index contributed by atoms with van der Waals surface area (Å²) >= 11 is 0. The molecule has 0 aliphatic heterocycles. The number of benzene rings is 4. The Kier molecular flexibility index (Phi) is 17.6. The molecule has 0 aromatic heterocycles. The van der Waals surface area contributed by atoms with E-state index in [0.29, 0.717) is 59.1 Å². The molecule has 2 atom stereocenters. The van der Waals surface area contributed by atoms with Crippen LogP contribution in [0.5, 0.6) is 46.0 Å². The molecule has 4 aromatic rings. The zero-order valence-corrected chi connectivity index (χ0v) is 33.5. The molecule has 0 saturated carbocycles. The summed E-state index contributed by atoms with van der Waals surface area (Å²) in [6.07, 6.45) is -2.70. The third kappa shape index (κ3) is 11.8. The van der Waals surface area contributed by atoms with Gasteiger partial charge in [0.1, 0.15) is 12.2 Å². The van der Waals surface area contributed by atoms with Gasteiger partial charge in [-0.25, -0.2) is 0 Å². The average molecular weight is 781 g/mol. The molecule has 0 bridgehead atoms. The molecule has 0 saturated heterocycles. The molecule has 4 N–H and O–H groups in total. The molecule has 0 amide bonds. The number of hydrogen-bond acceptors (Lipinski definition) is 14. The lowest BCUT2D eigenvalue weighted by atomic mass is 10.00. The summed E-state index contributed by atoms with van der Waals surface area (Å²) in [7, 11) is 12.6. The van der Waals surface area contributed by atoms with Crippen molar-refractivity contribution in [1.29, 1.82) is 0 Å². The van der Waals surface area contributed by atoms with E-state index in [1.54, 1.807) is 56.9 Å². The summed E-state index contributed by atoms with van der Waals surface area (Å²) in [5.74, 6) is 4.59. The van der Waals surface area contributed by atoms with Crippen LogP contribution in [0.1, 0.15) is 34.5 Å². The van der Waals surface area contributed by atoms with E-state index in [4.69, 9.17) is 47.4 Å². The van der Waals surface area contributed by atoms with Crippen LogP contribution in [0, 0.1) is 0 Å². The summed E-state index contributed by atoms with van der Waals surface area (Å²) in [6.45, 7) is 1.75.